The van der Waals surface area contributed by atoms with E-state index in [0.717, 1.165) is 24.9 Å². The number of benzene rings is 1. The molecule has 0 saturated heterocycles. The zero-order valence-electron chi connectivity index (χ0n) is 10.3. The number of nitro groups is 1. The van der Waals surface area contributed by atoms with Crippen LogP contribution in [0.25, 0.3) is 0 Å². The molecule has 1 saturated carbocycles. The Morgan fingerprint density at radius 1 is 1.50 bits per heavy atom. The van der Waals surface area contributed by atoms with E-state index in [1.165, 1.54) is 6.07 Å². The molecule has 0 spiro atoms. The first kappa shape index (κ1) is 12.6. The van der Waals surface area contributed by atoms with Crippen molar-refractivity contribution in [3.05, 3.63) is 28.3 Å². The van der Waals surface area contributed by atoms with Crippen LogP contribution < -0.4 is 11.1 Å². The van der Waals surface area contributed by atoms with Crippen LogP contribution >= 0.6 is 0 Å². The van der Waals surface area contributed by atoms with Gasteiger partial charge in [-0.25, -0.2) is 0 Å². The first-order chi connectivity index (χ1) is 8.60. The summed E-state index contributed by atoms with van der Waals surface area (Å²) in [4.78, 5) is 10.2. The monoisotopic (exact) mass is 251 g/mol. The van der Waals surface area contributed by atoms with Gasteiger partial charge in [-0.2, -0.15) is 0 Å². The maximum Gasteiger partial charge on any atom is 0.292 e. The van der Waals surface area contributed by atoms with Crippen LogP contribution in [0, 0.1) is 10.1 Å². The summed E-state index contributed by atoms with van der Waals surface area (Å²) < 4.78 is 5.30. The maximum absolute atomic E-state index is 10.6. The normalized spacial score (nSPS) is 22.9. The van der Waals surface area contributed by atoms with Crippen molar-refractivity contribution in [2.75, 3.05) is 18.2 Å². The summed E-state index contributed by atoms with van der Waals surface area (Å²) in [7, 11) is 1.72. The molecule has 0 amide bonds. The summed E-state index contributed by atoms with van der Waals surface area (Å²) in [5.74, 6) is 0. The summed E-state index contributed by atoms with van der Waals surface area (Å²) >= 11 is 0. The molecule has 0 heterocycles. The summed E-state index contributed by atoms with van der Waals surface area (Å²) in [6, 6.07) is 5.07. The molecule has 3 N–H and O–H groups in total. The highest BCUT2D eigenvalue weighted by atomic mass is 16.6. The minimum absolute atomic E-state index is 0.0539. The van der Waals surface area contributed by atoms with Crippen molar-refractivity contribution in [3.8, 4) is 0 Å². The summed E-state index contributed by atoms with van der Waals surface area (Å²) in [6.07, 6.45) is 3.33. The molecule has 6 heteroatoms. The molecule has 1 aromatic rings. The van der Waals surface area contributed by atoms with Crippen LogP contribution in [0.3, 0.4) is 0 Å². The Kier molecular flexibility index (Phi) is 3.66. The molecule has 1 fully saturated rings. The van der Waals surface area contributed by atoms with Crippen LogP contribution in [-0.4, -0.2) is 24.2 Å². The van der Waals surface area contributed by atoms with E-state index in [4.69, 9.17) is 10.5 Å². The number of methoxy groups -OCH3 is 1. The highest BCUT2D eigenvalue weighted by Crippen LogP contribution is 2.28. The average Bonchev–Trinajstić information content (AvgIpc) is 2.76. The number of hydrogen-bond donors (Lipinski definition) is 2. The fourth-order valence-corrected chi connectivity index (χ4v) is 2.33. The molecule has 2 atom stereocenters. The highest BCUT2D eigenvalue weighted by molar-refractivity contribution is 5.66. The van der Waals surface area contributed by atoms with Crippen molar-refractivity contribution < 1.29 is 9.66 Å². The first-order valence-corrected chi connectivity index (χ1v) is 5.93. The van der Waals surface area contributed by atoms with Gasteiger partial charge in [0.05, 0.1) is 11.0 Å². The molecule has 0 bridgehead atoms. The Bertz CT molecular complexity index is 450. The standard InChI is InChI=1S/C12H17N3O3/c1-18-10-4-2-8(6-10)14-9-3-5-12(15(16)17)11(13)7-9/h3,5,7-8,10,14H,2,4,6,13H2,1H3. The predicted molar refractivity (Wildman–Crippen MR) is 69.6 cm³/mol. The van der Waals surface area contributed by atoms with E-state index in [0.29, 0.717) is 12.1 Å². The summed E-state index contributed by atoms with van der Waals surface area (Å²) in [5, 5.41) is 14.0. The van der Waals surface area contributed by atoms with Gasteiger partial charge in [0.2, 0.25) is 0 Å². The highest BCUT2D eigenvalue weighted by Gasteiger charge is 2.24. The molecular weight excluding hydrogens is 234 g/mol. The Morgan fingerprint density at radius 2 is 2.28 bits per heavy atom. The molecule has 2 unspecified atom stereocenters. The molecule has 1 aromatic carbocycles. The molecule has 18 heavy (non-hydrogen) atoms. The van der Waals surface area contributed by atoms with Crippen molar-refractivity contribution in [2.45, 2.75) is 31.4 Å². The number of nitrogens with one attached hydrogen (secondary N) is 1. The quantitative estimate of drug-likeness (QED) is 0.486. The van der Waals surface area contributed by atoms with Crippen LogP contribution in [0.1, 0.15) is 19.3 Å². The second-order valence-electron chi connectivity index (χ2n) is 4.54. The topological polar surface area (TPSA) is 90.4 Å². The largest absolute Gasteiger partial charge is 0.393 e. The van der Waals surface area contributed by atoms with E-state index >= 15 is 0 Å². The van der Waals surface area contributed by atoms with E-state index in [1.807, 2.05) is 0 Å². The molecule has 0 radical (unpaired) electrons. The second kappa shape index (κ2) is 5.22. The van der Waals surface area contributed by atoms with Crippen LogP contribution in [0.4, 0.5) is 17.1 Å². The predicted octanol–water partition coefficient (Wildman–Crippen LogP) is 2.16. The SMILES string of the molecule is COC1CCC(Nc2ccc([N+](=O)[O-])c(N)c2)C1. The number of hydrogen-bond acceptors (Lipinski definition) is 5. The van der Waals surface area contributed by atoms with Gasteiger partial charge >= 0.3 is 0 Å². The lowest BCUT2D eigenvalue weighted by atomic mass is 10.2. The van der Waals surface area contributed by atoms with Crippen molar-refractivity contribution in [3.63, 3.8) is 0 Å². The smallest absolute Gasteiger partial charge is 0.292 e. The first-order valence-electron chi connectivity index (χ1n) is 5.93. The molecule has 1 aliphatic rings. The third-order valence-electron chi connectivity index (χ3n) is 3.31. The number of nitrogens with zero attached hydrogens (tertiary/aromatic N) is 1. The van der Waals surface area contributed by atoms with Gasteiger partial charge in [-0.3, -0.25) is 10.1 Å². The van der Waals surface area contributed by atoms with E-state index in [-0.39, 0.29) is 11.4 Å². The minimum Gasteiger partial charge on any atom is -0.393 e. The Hall–Kier alpha value is -1.82. The lowest BCUT2D eigenvalue weighted by molar-refractivity contribution is -0.383. The Labute approximate surface area is 105 Å². The summed E-state index contributed by atoms with van der Waals surface area (Å²) in [6.45, 7) is 0. The van der Waals surface area contributed by atoms with Crippen molar-refractivity contribution in [2.24, 2.45) is 0 Å². The van der Waals surface area contributed by atoms with Crippen LogP contribution in [0.15, 0.2) is 18.2 Å². The molecule has 2 rings (SSSR count). The number of anilines is 2. The van der Waals surface area contributed by atoms with Crippen molar-refractivity contribution in [1.29, 1.82) is 0 Å². The van der Waals surface area contributed by atoms with Gasteiger partial charge < -0.3 is 15.8 Å². The number of nitrogens with two attached hydrogens (primary N) is 1. The van der Waals surface area contributed by atoms with Gasteiger partial charge in [0, 0.05) is 24.9 Å². The van der Waals surface area contributed by atoms with Gasteiger partial charge in [0.15, 0.2) is 0 Å². The molecular formula is C12H17N3O3. The fourth-order valence-electron chi connectivity index (χ4n) is 2.33. The Morgan fingerprint density at radius 3 is 2.83 bits per heavy atom. The molecule has 6 nitrogen and oxygen atoms in total. The number of rotatable bonds is 4. The van der Waals surface area contributed by atoms with Gasteiger partial charge in [0.1, 0.15) is 5.69 Å². The van der Waals surface area contributed by atoms with E-state index in [9.17, 15) is 10.1 Å². The van der Waals surface area contributed by atoms with Crippen LogP contribution in [0.2, 0.25) is 0 Å². The third-order valence-corrected chi connectivity index (χ3v) is 3.31. The minimum atomic E-state index is -0.477. The lowest BCUT2D eigenvalue weighted by Gasteiger charge is -2.14. The van der Waals surface area contributed by atoms with Crippen molar-refractivity contribution >= 4 is 17.1 Å². The number of nitro benzene ring substituents is 1. The van der Waals surface area contributed by atoms with Gasteiger partial charge in [-0.1, -0.05) is 0 Å². The molecule has 98 valence electrons. The van der Waals surface area contributed by atoms with Gasteiger partial charge in [0.25, 0.3) is 5.69 Å². The van der Waals surface area contributed by atoms with E-state index in [2.05, 4.69) is 5.32 Å². The zero-order valence-corrected chi connectivity index (χ0v) is 10.3. The maximum atomic E-state index is 10.6. The molecule has 1 aliphatic carbocycles. The average molecular weight is 251 g/mol. The summed E-state index contributed by atoms with van der Waals surface area (Å²) in [5.41, 5.74) is 6.60. The fraction of sp³-hybridized carbons (Fsp3) is 0.500. The van der Waals surface area contributed by atoms with E-state index in [1.54, 1.807) is 19.2 Å². The van der Waals surface area contributed by atoms with Crippen molar-refractivity contribution in [1.82, 2.24) is 0 Å². The van der Waals surface area contributed by atoms with Gasteiger partial charge in [-0.05, 0) is 31.4 Å². The van der Waals surface area contributed by atoms with Crippen LogP contribution in [0.5, 0.6) is 0 Å². The molecule has 0 aliphatic heterocycles. The van der Waals surface area contributed by atoms with E-state index < -0.39 is 4.92 Å². The lowest BCUT2D eigenvalue weighted by Crippen LogP contribution is -2.17. The van der Waals surface area contributed by atoms with Gasteiger partial charge in [-0.15, -0.1) is 0 Å². The molecule has 0 aromatic heterocycles. The number of nitrogen functional groups attached to an aromatic ring is 1. The zero-order chi connectivity index (χ0) is 13.1. The third kappa shape index (κ3) is 2.70. The second-order valence-corrected chi connectivity index (χ2v) is 4.54. The van der Waals surface area contributed by atoms with Crippen LogP contribution in [-0.2, 0) is 4.74 Å². The Balaban J connectivity index is 2.02. The number of ether oxygens (including phenoxy) is 1.